The van der Waals surface area contributed by atoms with Crippen molar-refractivity contribution in [3.05, 3.63) is 53.1 Å². The van der Waals surface area contributed by atoms with E-state index >= 15 is 0 Å². The second-order valence-corrected chi connectivity index (χ2v) is 5.12. The first-order valence-electron chi connectivity index (χ1n) is 6.66. The Morgan fingerprint density at radius 1 is 1.25 bits per heavy atom. The van der Waals surface area contributed by atoms with Crippen molar-refractivity contribution in [2.24, 2.45) is 0 Å². The molecule has 0 saturated heterocycles. The monoisotopic (exact) mass is 279 g/mol. The van der Waals surface area contributed by atoms with Crippen LogP contribution in [0.3, 0.4) is 0 Å². The van der Waals surface area contributed by atoms with Gasteiger partial charge in [0.25, 0.3) is 0 Å². The fourth-order valence-electron chi connectivity index (χ4n) is 2.02. The van der Waals surface area contributed by atoms with Gasteiger partial charge in [0.1, 0.15) is 17.5 Å². The van der Waals surface area contributed by atoms with Gasteiger partial charge in [0.05, 0.1) is 12.2 Å². The second-order valence-electron chi connectivity index (χ2n) is 5.12. The van der Waals surface area contributed by atoms with Gasteiger partial charge in [0.2, 0.25) is 0 Å². The zero-order valence-corrected chi connectivity index (χ0v) is 12.0. The lowest BCUT2D eigenvalue weighted by atomic mass is 10.2. The normalized spacial score (nSPS) is 11.3. The summed E-state index contributed by atoms with van der Waals surface area (Å²) < 4.78 is 29.3. The number of hydrogen-bond donors (Lipinski definition) is 1. The minimum absolute atomic E-state index is 0.0689. The van der Waals surface area contributed by atoms with Gasteiger partial charge in [0.15, 0.2) is 0 Å². The zero-order chi connectivity index (χ0) is 14.7. The molecule has 0 amide bonds. The SMILES string of the molecule is Cc1ncc(CNC(C)C)n1Cc1c(F)cccc1F. The largest absolute Gasteiger partial charge is 0.326 e. The van der Waals surface area contributed by atoms with Gasteiger partial charge in [-0.05, 0) is 19.1 Å². The Kier molecular flexibility index (Phi) is 4.49. The van der Waals surface area contributed by atoms with E-state index in [2.05, 4.69) is 10.3 Å². The van der Waals surface area contributed by atoms with Crippen LogP contribution in [0.4, 0.5) is 8.78 Å². The first-order valence-corrected chi connectivity index (χ1v) is 6.66. The zero-order valence-electron chi connectivity index (χ0n) is 12.0. The van der Waals surface area contributed by atoms with E-state index in [9.17, 15) is 8.78 Å². The predicted molar refractivity (Wildman–Crippen MR) is 74.4 cm³/mol. The summed E-state index contributed by atoms with van der Waals surface area (Å²) in [6.07, 6.45) is 1.74. The number of aromatic nitrogens is 2. The van der Waals surface area contributed by atoms with Gasteiger partial charge in [-0.15, -0.1) is 0 Å². The van der Waals surface area contributed by atoms with Crippen molar-refractivity contribution >= 4 is 0 Å². The molecule has 0 saturated carbocycles. The number of benzene rings is 1. The lowest BCUT2D eigenvalue weighted by molar-refractivity contribution is 0.526. The maximum atomic E-state index is 13.7. The van der Waals surface area contributed by atoms with E-state index in [1.165, 1.54) is 18.2 Å². The van der Waals surface area contributed by atoms with Crippen molar-refractivity contribution in [1.29, 1.82) is 0 Å². The summed E-state index contributed by atoms with van der Waals surface area (Å²) in [6.45, 7) is 6.69. The summed E-state index contributed by atoms with van der Waals surface area (Å²) in [4.78, 5) is 4.23. The Balaban J connectivity index is 2.27. The summed E-state index contributed by atoms with van der Waals surface area (Å²) in [6, 6.07) is 4.26. The molecule has 5 heteroatoms. The van der Waals surface area contributed by atoms with Crippen LogP contribution in [0.1, 0.15) is 30.9 Å². The van der Waals surface area contributed by atoms with Crippen LogP contribution in [0.25, 0.3) is 0 Å². The summed E-state index contributed by atoms with van der Waals surface area (Å²) in [5.74, 6) is -0.310. The Hall–Kier alpha value is -1.75. The lowest BCUT2D eigenvalue weighted by Gasteiger charge is -2.13. The highest BCUT2D eigenvalue weighted by atomic mass is 19.1. The molecule has 1 aromatic carbocycles. The average Bonchev–Trinajstić information content (AvgIpc) is 2.72. The fourth-order valence-corrected chi connectivity index (χ4v) is 2.02. The summed E-state index contributed by atoms with van der Waals surface area (Å²) in [5.41, 5.74) is 0.984. The van der Waals surface area contributed by atoms with Gasteiger partial charge < -0.3 is 9.88 Å². The third-order valence-corrected chi connectivity index (χ3v) is 3.21. The van der Waals surface area contributed by atoms with Gasteiger partial charge in [-0.25, -0.2) is 13.8 Å². The van der Waals surface area contributed by atoms with Crippen LogP contribution in [0, 0.1) is 18.6 Å². The lowest BCUT2D eigenvalue weighted by Crippen LogP contribution is -2.24. The summed E-state index contributed by atoms with van der Waals surface area (Å²) in [5, 5.41) is 3.28. The van der Waals surface area contributed by atoms with E-state index in [4.69, 9.17) is 0 Å². The van der Waals surface area contributed by atoms with Crippen LogP contribution >= 0.6 is 0 Å². The molecule has 1 aromatic heterocycles. The highest BCUT2D eigenvalue weighted by Crippen LogP contribution is 2.16. The van der Waals surface area contributed by atoms with Gasteiger partial charge in [-0.1, -0.05) is 19.9 Å². The molecule has 2 aromatic rings. The van der Waals surface area contributed by atoms with E-state index in [1.807, 2.05) is 25.3 Å². The molecule has 0 spiro atoms. The molecule has 0 atom stereocenters. The van der Waals surface area contributed by atoms with Crippen molar-refractivity contribution < 1.29 is 8.78 Å². The van der Waals surface area contributed by atoms with E-state index < -0.39 is 11.6 Å². The van der Waals surface area contributed by atoms with E-state index in [0.717, 1.165) is 11.5 Å². The van der Waals surface area contributed by atoms with Gasteiger partial charge >= 0.3 is 0 Å². The Labute approximate surface area is 117 Å². The molecule has 1 heterocycles. The van der Waals surface area contributed by atoms with E-state index in [0.29, 0.717) is 12.6 Å². The van der Waals surface area contributed by atoms with Crippen LogP contribution < -0.4 is 5.32 Å². The van der Waals surface area contributed by atoms with Crippen LogP contribution in [0.15, 0.2) is 24.4 Å². The molecule has 0 aliphatic rings. The molecule has 0 radical (unpaired) electrons. The van der Waals surface area contributed by atoms with Crippen LogP contribution in [-0.2, 0) is 13.1 Å². The molecule has 1 N–H and O–H groups in total. The number of imidazole rings is 1. The average molecular weight is 279 g/mol. The number of hydrogen-bond acceptors (Lipinski definition) is 2. The number of nitrogens with zero attached hydrogens (tertiary/aromatic N) is 2. The predicted octanol–water partition coefficient (Wildman–Crippen LogP) is 3.02. The minimum Gasteiger partial charge on any atom is -0.326 e. The molecule has 108 valence electrons. The van der Waals surface area contributed by atoms with Crippen LogP contribution in [-0.4, -0.2) is 15.6 Å². The minimum atomic E-state index is -0.527. The van der Waals surface area contributed by atoms with Crippen LogP contribution in [0.5, 0.6) is 0 Å². The molecule has 0 unspecified atom stereocenters. The second kappa shape index (κ2) is 6.13. The topological polar surface area (TPSA) is 29.9 Å². The molecular formula is C15H19F2N3. The van der Waals surface area contributed by atoms with Crippen molar-refractivity contribution in [2.75, 3.05) is 0 Å². The molecule has 2 rings (SSSR count). The molecule has 0 fully saturated rings. The summed E-state index contributed by atoms with van der Waals surface area (Å²) >= 11 is 0. The molecular weight excluding hydrogens is 260 g/mol. The van der Waals surface area contributed by atoms with Crippen LogP contribution in [0.2, 0.25) is 0 Å². The first kappa shape index (κ1) is 14.7. The molecule has 20 heavy (non-hydrogen) atoms. The van der Waals surface area contributed by atoms with Crippen molar-refractivity contribution in [3.8, 4) is 0 Å². The highest BCUT2D eigenvalue weighted by Gasteiger charge is 2.13. The van der Waals surface area contributed by atoms with E-state index in [1.54, 1.807) is 6.20 Å². The quantitative estimate of drug-likeness (QED) is 0.911. The molecule has 0 bridgehead atoms. The maximum Gasteiger partial charge on any atom is 0.131 e. The van der Waals surface area contributed by atoms with Gasteiger partial charge in [-0.3, -0.25) is 0 Å². The Bertz CT molecular complexity index is 571. The smallest absolute Gasteiger partial charge is 0.131 e. The van der Waals surface area contributed by atoms with Crippen molar-refractivity contribution in [2.45, 2.75) is 39.9 Å². The summed E-state index contributed by atoms with van der Waals surface area (Å²) in [7, 11) is 0. The number of aryl methyl sites for hydroxylation is 1. The molecule has 0 aliphatic heterocycles. The van der Waals surface area contributed by atoms with Gasteiger partial charge in [0, 0.05) is 24.3 Å². The standard InChI is InChI=1S/C15H19F2N3/c1-10(2)18-7-12-8-19-11(3)20(12)9-13-14(16)5-4-6-15(13)17/h4-6,8,10,18H,7,9H2,1-3H3. The number of rotatable bonds is 5. The third-order valence-electron chi connectivity index (χ3n) is 3.21. The van der Waals surface area contributed by atoms with Gasteiger partial charge in [-0.2, -0.15) is 0 Å². The number of halogens is 2. The van der Waals surface area contributed by atoms with Crippen molar-refractivity contribution in [3.63, 3.8) is 0 Å². The fraction of sp³-hybridized carbons (Fsp3) is 0.400. The van der Waals surface area contributed by atoms with E-state index in [-0.39, 0.29) is 12.1 Å². The molecule has 0 aliphatic carbocycles. The van der Waals surface area contributed by atoms with Crippen molar-refractivity contribution in [1.82, 2.24) is 14.9 Å². The maximum absolute atomic E-state index is 13.7. The molecule has 3 nitrogen and oxygen atoms in total. The first-order chi connectivity index (χ1) is 9.49. The third kappa shape index (κ3) is 3.22. The Morgan fingerprint density at radius 2 is 1.90 bits per heavy atom. The Morgan fingerprint density at radius 3 is 2.50 bits per heavy atom. The highest BCUT2D eigenvalue weighted by molar-refractivity contribution is 5.21. The number of nitrogens with one attached hydrogen (secondary N) is 1.